The van der Waals surface area contributed by atoms with Gasteiger partial charge in [-0.25, -0.2) is 0 Å². The number of ether oxygens (including phenoxy) is 3. The molecular formula is C28H29NO6S. The molecule has 2 aromatic carbocycles. The summed E-state index contributed by atoms with van der Waals surface area (Å²) < 4.78 is 16.7. The number of carbonyl (C=O) groups excluding carboxylic acids is 2. The molecule has 0 bridgehead atoms. The van der Waals surface area contributed by atoms with E-state index in [1.54, 1.807) is 55.6 Å². The zero-order valence-corrected chi connectivity index (χ0v) is 21.3. The molecule has 1 N–H and O–H groups in total. The Morgan fingerprint density at radius 2 is 1.61 bits per heavy atom. The van der Waals surface area contributed by atoms with Gasteiger partial charge < -0.3 is 24.2 Å². The van der Waals surface area contributed by atoms with Gasteiger partial charge in [0.25, 0.3) is 11.7 Å². The van der Waals surface area contributed by atoms with Crippen LogP contribution in [0.2, 0.25) is 0 Å². The van der Waals surface area contributed by atoms with Gasteiger partial charge in [0, 0.05) is 10.4 Å². The number of nitrogens with zero attached hydrogens (tertiary/aromatic N) is 1. The van der Waals surface area contributed by atoms with Crippen LogP contribution in [0.3, 0.4) is 0 Å². The fourth-order valence-electron chi connectivity index (χ4n) is 3.91. The number of rotatable bonds is 10. The molecule has 1 amide bonds. The lowest BCUT2D eigenvalue weighted by Gasteiger charge is -2.24. The zero-order valence-electron chi connectivity index (χ0n) is 20.5. The minimum absolute atomic E-state index is 0.0720. The van der Waals surface area contributed by atoms with Crippen LogP contribution in [0, 0.1) is 5.92 Å². The Bertz CT molecular complexity index is 1220. The maximum atomic E-state index is 13.1. The number of hydrogen-bond donors (Lipinski definition) is 1. The highest BCUT2D eigenvalue weighted by Gasteiger charge is 2.46. The second-order valence-electron chi connectivity index (χ2n) is 8.76. The van der Waals surface area contributed by atoms with Crippen molar-refractivity contribution in [3.05, 3.63) is 82.1 Å². The van der Waals surface area contributed by atoms with Crippen LogP contribution in [0.1, 0.15) is 30.3 Å². The summed E-state index contributed by atoms with van der Waals surface area (Å²) in [6.45, 7) is 5.06. The van der Waals surface area contributed by atoms with E-state index in [2.05, 4.69) is 13.8 Å². The normalized spacial score (nSPS) is 17.0. The smallest absolute Gasteiger partial charge is 0.295 e. The monoisotopic (exact) mass is 507 g/mol. The van der Waals surface area contributed by atoms with E-state index in [0.29, 0.717) is 35.3 Å². The average molecular weight is 508 g/mol. The lowest BCUT2D eigenvalue weighted by molar-refractivity contribution is -0.140. The fourth-order valence-corrected chi connectivity index (χ4v) is 4.76. The van der Waals surface area contributed by atoms with Crippen LogP contribution < -0.4 is 14.2 Å². The molecule has 1 atom stereocenters. The topological polar surface area (TPSA) is 85.3 Å². The van der Waals surface area contributed by atoms with Crippen LogP contribution in [0.25, 0.3) is 5.76 Å². The number of amides is 1. The minimum atomic E-state index is -0.713. The minimum Gasteiger partial charge on any atom is -0.507 e. The summed E-state index contributed by atoms with van der Waals surface area (Å²) in [5.74, 6) is 0.811. The van der Waals surface area contributed by atoms with E-state index in [0.717, 1.165) is 4.88 Å². The Labute approximate surface area is 214 Å². The van der Waals surface area contributed by atoms with Crippen LogP contribution in [0.4, 0.5) is 0 Å². The standard InChI is InChI=1S/C28H29NO6S/c1-18(2)17-35-22-8-6-19(7-9-22)26(30)24-25(23-5-4-16-36-23)29(28(32)27(24)31)14-15-34-21-12-10-20(33-3)11-13-21/h4-13,16,18,25,30H,14-15,17H2,1-3H3/b26-24-. The molecule has 0 radical (unpaired) electrons. The second kappa shape index (κ2) is 11.3. The van der Waals surface area contributed by atoms with E-state index >= 15 is 0 Å². The van der Waals surface area contributed by atoms with E-state index in [1.165, 1.54) is 16.2 Å². The number of benzene rings is 2. The predicted molar refractivity (Wildman–Crippen MR) is 139 cm³/mol. The van der Waals surface area contributed by atoms with Gasteiger partial charge >= 0.3 is 0 Å². The van der Waals surface area contributed by atoms with E-state index < -0.39 is 17.7 Å². The van der Waals surface area contributed by atoms with Gasteiger partial charge in [-0.1, -0.05) is 19.9 Å². The average Bonchev–Trinajstić information content (AvgIpc) is 3.50. The van der Waals surface area contributed by atoms with Crippen LogP contribution in [0.15, 0.2) is 71.6 Å². The number of likely N-dealkylation sites (tertiary alicyclic amines) is 1. The van der Waals surface area contributed by atoms with Gasteiger partial charge in [0.1, 0.15) is 29.6 Å². The Balaban J connectivity index is 1.57. The largest absolute Gasteiger partial charge is 0.507 e. The summed E-state index contributed by atoms with van der Waals surface area (Å²) in [4.78, 5) is 28.4. The van der Waals surface area contributed by atoms with E-state index in [9.17, 15) is 14.7 Å². The number of hydrogen-bond acceptors (Lipinski definition) is 7. The molecule has 7 nitrogen and oxygen atoms in total. The number of methoxy groups -OCH3 is 1. The van der Waals surface area contributed by atoms with Gasteiger partial charge in [-0.3, -0.25) is 9.59 Å². The number of ketones is 1. The predicted octanol–water partition coefficient (Wildman–Crippen LogP) is 5.29. The molecule has 1 aromatic heterocycles. The van der Waals surface area contributed by atoms with Crippen molar-refractivity contribution >= 4 is 28.8 Å². The van der Waals surface area contributed by atoms with Crippen LogP contribution in [-0.2, 0) is 9.59 Å². The highest BCUT2D eigenvalue weighted by Crippen LogP contribution is 2.41. The van der Waals surface area contributed by atoms with Gasteiger partial charge in [-0.05, 0) is 65.9 Å². The third kappa shape index (κ3) is 5.54. The molecule has 1 aliphatic rings. The molecule has 36 heavy (non-hydrogen) atoms. The second-order valence-corrected chi connectivity index (χ2v) is 9.74. The van der Waals surface area contributed by atoms with Crippen molar-refractivity contribution in [3.8, 4) is 17.2 Å². The first-order chi connectivity index (χ1) is 17.4. The molecule has 4 rings (SSSR count). The first-order valence-corrected chi connectivity index (χ1v) is 12.6. The van der Waals surface area contributed by atoms with Gasteiger partial charge in [0.15, 0.2) is 0 Å². The Kier molecular flexibility index (Phi) is 7.95. The van der Waals surface area contributed by atoms with Gasteiger partial charge in [0.05, 0.1) is 31.9 Å². The molecule has 1 unspecified atom stereocenters. The molecule has 0 aliphatic carbocycles. The first kappa shape index (κ1) is 25.3. The molecule has 3 aromatic rings. The molecule has 1 fully saturated rings. The van der Waals surface area contributed by atoms with Gasteiger partial charge in [-0.2, -0.15) is 0 Å². The summed E-state index contributed by atoms with van der Waals surface area (Å²) >= 11 is 1.42. The van der Waals surface area contributed by atoms with E-state index in [1.807, 2.05) is 17.5 Å². The Morgan fingerprint density at radius 3 is 2.22 bits per heavy atom. The number of aliphatic hydroxyl groups is 1. The molecular weight excluding hydrogens is 478 g/mol. The summed E-state index contributed by atoms with van der Waals surface area (Å²) in [5.41, 5.74) is 0.517. The maximum Gasteiger partial charge on any atom is 0.295 e. The summed E-state index contributed by atoms with van der Waals surface area (Å²) in [7, 11) is 1.59. The first-order valence-electron chi connectivity index (χ1n) is 11.7. The quantitative estimate of drug-likeness (QED) is 0.228. The van der Waals surface area contributed by atoms with Gasteiger partial charge in [0.2, 0.25) is 0 Å². The Hall–Kier alpha value is -3.78. The van der Waals surface area contributed by atoms with Crippen LogP contribution in [0.5, 0.6) is 17.2 Å². The highest BCUT2D eigenvalue weighted by molar-refractivity contribution is 7.10. The van der Waals surface area contributed by atoms with Crippen LogP contribution >= 0.6 is 11.3 Å². The van der Waals surface area contributed by atoms with Crippen molar-refractivity contribution in [2.24, 2.45) is 5.92 Å². The number of thiophene rings is 1. The summed E-state index contributed by atoms with van der Waals surface area (Å²) in [5, 5.41) is 13.0. The lowest BCUT2D eigenvalue weighted by Crippen LogP contribution is -2.33. The molecule has 0 saturated carbocycles. The third-order valence-corrected chi connectivity index (χ3v) is 6.65. The van der Waals surface area contributed by atoms with Crippen molar-refractivity contribution in [1.82, 2.24) is 4.90 Å². The zero-order chi connectivity index (χ0) is 25.7. The summed E-state index contributed by atoms with van der Waals surface area (Å²) in [6.07, 6.45) is 0. The number of carbonyl (C=O) groups is 2. The van der Waals surface area contributed by atoms with Gasteiger partial charge in [-0.15, -0.1) is 11.3 Å². The molecule has 1 saturated heterocycles. The SMILES string of the molecule is COc1ccc(OCCN2C(=O)C(=O)/C(=C(\O)c3ccc(OCC(C)C)cc3)C2c2cccs2)cc1. The van der Waals surface area contributed by atoms with Crippen molar-refractivity contribution in [2.45, 2.75) is 19.9 Å². The maximum absolute atomic E-state index is 13.1. The molecule has 8 heteroatoms. The Morgan fingerprint density at radius 1 is 0.972 bits per heavy atom. The molecule has 0 spiro atoms. The van der Waals surface area contributed by atoms with Crippen molar-refractivity contribution < 1.29 is 28.9 Å². The summed E-state index contributed by atoms with van der Waals surface area (Å²) in [6, 6.07) is 17.0. The number of Topliss-reactive ketones (excluding diaryl/α,β-unsaturated/α-hetero) is 1. The lowest BCUT2D eigenvalue weighted by atomic mass is 10.00. The van der Waals surface area contributed by atoms with Crippen LogP contribution in [-0.4, -0.2) is 48.6 Å². The van der Waals surface area contributed by atoms with E-state index in [-0.39, 0.29) is 24.5 Å². The fraction of sp³-hybridized carbons (Fsp3) is 0.286. The third-order valence-electron chi connectivity index (χ3n) is 5.72. The van der Waals surface area contributed by atoms with Crippen molar-refractivity contribution in [1.29, 1.82) is 0 Å². The molecule has 1 aliphatic heterocycles. The van der Waals surface area contributed by atoms with E-state index in [4.69, 9.17) is 14.2 Å². The van der Waals surface area contributed by atoms with Crippen molar-refractivity contribution in [3.63, 3.8) is 0 Å². The molecule has 2 heterocycles. The highest BCUT2D eigenvalue weighted by atomic mass is 32.1. The number of aliphatic hydroxyl groups excluding tert-OH is 1. The molecule has 188 valence electrons. The van der Waals surface area contributed by atoms with Crippen molar-refractivity contribution in [2.75, 3.05) is 26.9 Å².